The monoisotopic (exact) mass is 1440 g/mol. The van der Waals surface area contributed by atoms with Crippen molar-refractivity contribution in [2.24, 2.45) is 0 Å². The number of hydrogen-bond donors (Lipinski definition) is 0. The zero-order valence-electron chi connectivity index (χ0n) is 78.6. The van der Waals surface area contributed by atoms with Gasteiger partial charge in [-0.15, -0.1) is 0 Å². The van der Waals surface area contributed by atoms with Gasteiger partial charge in [0.05, 0.1) is 88.8 Å². The summed E-state index contributed by atoms with van der Waals surface area (Å²) in [7, 11) is 0. The maximum Gasteiger partial charge on any atom is 0.252 e. The molecule has 0 radical (unpaired) electrons. The molecule has 0 N–H and O–H groups in total. The van der Waals surface area contributed by atoms with Crippen molar-refractivity contribution in [1.82, 2.24) is 18.3 Å². The Hall–Kier alpha value is -13.3. The van der Waals surface area contributed by atoms with Gasteiger partial charge in [-0.25, -0.2) is 0 Å². The van der Waals surface area contributed by atoms with Crippen molar-refractivity contribution in [2.45, 2.75) is 78.6 Å². The summed E-state index contributed by atoms with van der Waals surface area (Å²) in [5, 5.41) is 16.2. The summed E-state index contributed by atoms with van der Waals surface area (Å²) >= 11 is 0. The van der Waals surface area contributed by atoms with Crippen LogP contribution in [-0.4, -0.2) is 25.0 Å². The summed E-state index contributed by atoms with van der Waals surface area (Å²) in [5.74, 6) is 0. The average molecular weight is 1440 g/mol. The van der Waals surface area contributed by atoms with Gasteiger partial charge in [0.15, 0.2) is 0 Å². The van der Waals surface area contributed by atoms with E-state index in [1.807, 2.05) is 121 Å². The van der Waals surface area contributed by atoms with Crippen molar-refractivity contribution in [3.8, 4) is 51.1 Å². The first-order chi connectivity index (χ1) is 60.6. The third kappa shape index (κ3) is 9.97. The lowest BCUT2D eigenvalue weighted by Crippen LogP contribution is -2.61. The number of nitriles is 1. The third-order valence-electron chi connectivity index (χ3n) is 22.9. The van der Waals surface area contributed by atoms with E-state index in [0.717, 1.165) is 88.0 Å². The lowest BCUT2D eigenvalue weighted by Gasteiger charge is -2.45. The Bertz CT molecular complexity index is 7860. The van der Waals surface area contributed by atoms with Gasteiger partial charge in [0, 0.05) is 88.3 Å². The highest BCUT2D eigenvalue weighted by atomic mass is 15.2. The molecule has 4 aromatic heterocycles. The van der Waals surface area contributed by atoms with Crippen LogP contribution in [0.1, 0.15) is 106 Å². The summed E-state index contributed by atoms with van der Waals surface area (Å²) < 4.78 is 160. The Morgan fingerprint density at radius 2 is 0.685 bits per heavy atom. The van der Waals surface area contributed by atoms with E-state index < -0.39 is 109 Å². The van der Waals surface area contributed by atoms with Crippen molar-refractivity contribution in [3.63, 3.8) is 0 Å². The minimum atomic E-state index is -0.887. The Morgan fingerprint density at radius 3 is 1.14 bits per heavy atom. The maximum atomic E-state index is 12.8. The minimum absolute atomic E-state index is 0.0808. The van der Waals surface area contributed by atoms with Crippen LogP contribution in [0.2, 0.25) is 0 Å². The van der Waals surface area contributed by atoms with Gasteiger partial charge in [-0.05, 0) is 182 Å². The lowest BCUT2D eigenvalue weighted by molar-refractivity contribution is 0.590. The molecule has 0 spiro atoms. The molecule has 15 aromatic carbocycles. The Kier molecular flexibility index (Phi) is 11.2. The van der Waals surface area contributed by atoms with Crippen molar-refractivity contribution in [2.75, 3.05) is 9.80 Å². The SMILES string of the molecule is [2H]c1c([2H])c([2H])c2c(c1[2H])c1c([2H])c([2H])c([2H])c([2H])c1n2-c1ccc2c(c1)N(c1cccc(-n3c4ccccc4c4ccccc43)c1C#N)c1cc(-n3c4ccc(C(C)(C)C)cc4c4cc(C(C)(C)C)ccc43)cc3c1B2c1ccc(-n2c4c([2H])c([2H])c([2H])c([2H])c4c4c([2H])c([2H])c([2H])c([2H])c42)cc1N3c1c(-c2ccccc2)cc(C(C)(C)C)cc1-c1ccccc1. The Balaban J connectivity index is 1.000. The average Bonchev–Trinajstić information content (AvgIpc) is 1.35. The summed E-state index contributed by atoms with van der Waals surface area (Å²) in [5.41, 5.74) is 15.8. The molecule has 530 valence electrons. The molecule has 0 saturated carbocycles. The number of aromatic nitrogens is 4. The van der Waals surface area contributed by atoms with Crippen LogP contribution in [-0.2, 0) is 16.2 Å². The van der Waals surface area contributed by atoms with Crippen LogP contribution in [0.25, 0.3) is 132 Å². The van der Waals surface area contributed by atoms with Crippen molar-refractivity contribution in [1.29, 1.82) is 5.26 Å². The molecular formula is C103H80BN7. The number of para-hydroxylation sites is 6. The van der Waals surface area contributed by atoms with Gasteiger partial charge in [-0.2, -0.15) is 5.26 Å². The second-order valence-corrected chi connectivity index (χ2v) is 32.4. The fourth-order valence-corrected chi connectivity index (χ4v) is 17.6. The van der Waals surface area contributed by atoms with Gasteiger partial charge in [0.25, 0.3) is 6.71 Å². The molecule has 21 rings (SSSR count). The number of fused-ring (bicyclic) bond motifs is 16. The molecule has 0 fully saturated rings. The van der Waals surface area contributed by atoms with Crippen LogP contribution in [0.4, 0.5) is 34.1 Å². The van der Waals surface area contributed by atoms with Crippen molar-refractivity contribution < 1.29 is 21.9 Å². The summed E-state index contributed by atoms with van der Waals surface area (Å²) in [6.45, 7) is 18.9. The fourth-order valence-electron chi connectivity index (χ4n) is 17.6. The van der Waals surface area contributed by atoms with Gasteiger partial charge in [0.1, 0.15) is 11.6 Å². The number of hydrogen-bond acceptors (Lipinski definition) is 3. The Labute approximate surface area is 669 Å². The van der Waals surface area contributed by atoms with Crippen LogP contribution in [0.5, 0.6) is 0 Å². The third-order valence-corrected chi connectivity index (χ3v) is 22.9. The fraction of sp³-hybridized carbons (Fsp3) is 0.117. The first-order valence-corrected chi connectivity index (χ1v) is 37.6. The van der Waals surface area contributed by atoms with Gasteiger partial charge in [-0.1, -0.05) is 262 Å². The van der Waals surface area contributed by atoms with Crippen LogP contribution < -0.4 is 26.2 Å². The maximum absolute atomic E-state index is 12.8. The zero-order valence-corrected chi connectivity index (χ0v) is 62.6. The van der Waals surface area contributed by atoms with Crippen LogP contribution in [0.3, 0.4) is 0 Å². The first kappa shape index (κ1) is 51.1. The van der Waals surface area contributed by atoms with E-state index in [-0.39, 0.29) is 71.4 Å². The van der Waals surface area contributed by atoms with E-state index >= 15 is 0 Å². The molecule has 8 heteroatoms. The van der Waals surface area contributed by atoms with Crippen LogP contribution in [0, 0.1) is 11.3 Å². The zero-order chi connectivity index (χ0) is 89.0. The molecule has 0 bridgehead atoms. The Morgan fingerprint density at radius 1 is 0.297 bits per heavy atom. The first-order valence-electron chi connectivity index (χ1n) is 45.6. The highest BCUT2D eigenvalue weighted by Gasteiger charge is 2.46. The van der Waals surface area contributed by atoms with Crippen LogP contribution in [0.15, 0.2) is 321 Å². The molecule has 2 aliphatic heterocycles. The molecule has 111 heavy (non-hydrogen) atoms. The topological polar surface area (TPSA) is 50.0 Å². The molecule has 0 amide bonds. The van der Waals surface area contributed by atoms with Gasteiger partial charge >= 0.3 is 0 Å². The number of nitrogens with zero attached hydrogens (tertiary/aromatic N) is 7. The minimum Gasteiger partial charge on any atom is -0.310 e. The second-order valence-electron chi connectivity index (χ2n) is 32.4. The largest absolute Gasteiger partial charge is 0.310 e. The van der Waals surface area contributed by atoms with E-state index in [1.165, 1.54) is 4.57 Å². The molecule has 0 saturated heterocycles. The molecule has 6 heterocycles. The smallest absolute Gasteiger partial charge is 0.252 e. The lowest BCUT2D eigenvalue weighted by atomic mass is 9.33. The molecule has 0 aliphatic carbocycles. The van der Waals surface area contributed by atoms with Gasteiger partial charge in [-0.3, -0.25) is 0 Å². The number of anilines is 6. The van der Waals surface area contributed by atoms with Gasteiger partial charge < -0.3 is 28.1 Å². The van der Waals surface area contributed by atoms with E-state index in [2.05, 4.69) is 184 Å². The second kappa shape index (κ2) is 24.3. The molecule has 19 aromatic rings. The van der Waals surface area contributed by atoms with Crippen molar-refractivity contribution in [3.05, 3.63) is 343 Å². The van der Waals surface area contributed by atoms with E-state index in [0.29, 0.717) is 56.4 Å². The van der Waals surface area contributed by atoms with E-state index in [9.17, 15) is 24.5 Å². The quantitative estimate of drug-likeness (QED) is 0.142. The highest BCUT2D eigenvalue weighted by molar-refractivity contribution is 7.00. The van der Waals surface area contributed by atoms with E-state index in [4.69, 9.17) is 2.74 Å². The molecule has 7 nitrogen and oxygen atoms in total. The predicted molar refractivity (Wildman–Crippen MR) is 470 cm³/mol. The normalized spacial score (nSPS) is 15.0. The molecule has 2 aliphatic rings. The molecule has 0 atom stereocenters. The summed E-state index contributed by atoms with van der Waals surface area (Å²) in [6.07, 6.45) is 0. The standard InChI is InChI=1S/C103H80BN7/c1-101(2,3)66-47-53-93-80(55-66)81-56-67(102(4,5)6)48-54-94(81)108(93)71-61-97-99-98(62-71)111(100-78(64-29-12-10-13-30-64)57-68(103(7,8)9)58-79(100)65-31-14-11-15-32-65)96-60-70(107-87-41-24-18-35-74(87)75-36-19-25-42-88(75)107)50-52-84(96)104(99)83-51-49-69(106-85-39-22-16-33-72(85)73-34-17-23-40-86(73)106)59-95(83)110(97)92-46-28-45-91(82(92)63-105)109-89-43-26-20-37-76(89)77-38-21-27-44-90(77)109/h10-62H,1-9H3/i16D,17D,18D,19D,22D,23D,24D,25D,33D,34D,35D,36D,39D,40D,41D,42D. The highest BCUT2D eigenvalue weighted by Crippen LogP contribution is 2.54. The van der Waals surface area contributed by atoms with Crippen molar-refractivity contribution >= 4 is 144 Å². The number of benzene rings is 15. The van der Waals surface area contributed by atoms with E-state index in [1.54, 1.807) is 10.6 Å². The molecular weight excluding hydrogens is 1350 g/mol. The predicted octanol–water partition coefficient (Wildman–Crippen LogP) is 25.3. The summed E-state index contributed by atoms with van der Waals surface area (Å²) in [4.78, 5) is 4.41. The van der Waals surface area contributed by atoms with Crippen LogP contribution >= 0.6 is 0 Å². The number of rotatable bonds is 8. The molecule has 0 unspecified atom stereocenters. The van der Waals surface area contributed by atoms with Gasteiger partial charge in [0.2, 0.25) is 0 Å². The summed E-state index contributed by atoms with van der Waals surface area (Å²) in [6, 6.07) is 70.3.